The topological polar surface area (TPSA) is 131 Å². The summed E-state index contributed by atoms with van der Waals surface area (Å²) >= 11 is 0. The van der Waals surface area contributed by atoms with Crippen LogP contribution in [0.4, 0.5) is 0 Å². The number of aromatic nitrogens is 1. The van der Waals surface area contributed by atoms with Crippen LogP contribution in [-0.4, -0.2) is 92.7 Å². The summed E-state index contributed by atoms with van der Waals surface area (Å²) in [4.78, 5) is 18.4. The minimum absolute atomic E-state index is 0.0829. The fraction of sp³-hybridized carbons (Fsp3) is 0.333. The molecule has 0 aliphatic carbocycles. The lowest BCUT2D eigenvalue weighted by molar-refractivity contribution is -0.397. The first-order chi connectivity index (χ1) is 33.1. The smallest absolute Gasteiger partial charge is 0.357 e. The van der Waals surface area contributed by atoms with Crippen LogP contribution in [0.3, 0.4) is 0 Å². The summed E-state index contributed by atoms with van der Waals surface area (Å²) in [5.74, 6) is -0.669. The van der Waals surface area contributed by atoms with Gasteiger partial charge in [-0.3, -0.25) is 0 Å². The molecule has 9 rings (SSSR count). The lowest BCUT2D eigenvalue weighted by atomic mass is 9.95. The molecule has 3 aliphatic heterocycles. The third-order valence-corrected chi connectivity index (χ3v) is 11.8. The monoisotopic (exact) mass is 909 g/mol. The van der Waals surface area contributed by atoms with Gasteiger partial charge in [-0.15, -0.1) is 0 Å². The molecule has 3 aliphatic rings. The van der Waals surface area contributed by atoms with E-state index in [4.69, 9.17) is 52.1 Å². The van der Waals surface area contributed by atoms with E-state index < -0.39 is 73.7 Å². The SMILES string of the molecule is CO[C@H]1O[C@H](COCc2ccccc2)[C@@H](OCc2ccccc2)[C@H](OCc2ccccc2)[C@H]1O[C@@H]1O[C@@H]2COC(c3ccccc3)O[C@H]2[C@H](OC(=O)c2ccccn2)[C@@H]1OCc1ccccc1. The number of carbonyl (C=O) groups is 1. The Morgan fingerprint density at radius 2 is 1.09 bits per heavy atom. The summed E-state index contributed by atoms with van der Waals surface area (Å²) in [5, 5.41) is 0. The molecule has 1 aromatic heterocycles. The quantitative estimate of drug-likeness (QED) is 0.0725. The van der Waals surface area contributed by atoms with E-state index in [1.54, 1.807) is 25.3 Å². The highest BCUT2D eigenvalue weighted by atomic mass is 16.8. The van der Waals surface area contributed by atoms with Gasteiger partial charge >= 0.3 is 5.97 Å². The summed E-state index contributed by atoms with van der Waals surface area (Å²) in [6.07, 6.45) is -8.53. The average molecular weight is 910 g/mol. The lowest BCUT2D eigenvalue weighted by Gasteiger charge is -2.51. The number of hydrogen-bond donors (Lipinski definition) is 0. The molecule has 0 radical (unpaired) electrons. The third kappa shape index (κ3) is 12.1. The Balaban J connectivity index is 1.07. The van der Waals surface area contributed by atoms with Crippen molar-refractivity contribution in [3.8, 4) is 0 Å². The van der Waals surface area contributed by atoms with Gasteiger partial charge < -0.3 is 52.1 Å². The second kappa shape index (κ2) is 23.4. The van der Waals surface area contributed by atoms with Crippen LogP contribution in [0.1, 0.15) is 44.6 Å². The molecule has 5 aromatic carbocycles. The van der Waals surface area contributed by atoms with Crippen LogP contribution in [0.5, 0.6) is 0 Å². The number of benzene rings is 5. The van der Waals surface area contributed by atoms with Crippen molar-refractivity contribution in [3.63, 3.8) is 0 Å². The number of rotatable bonds is 19. The molecule has 3 saturated heterocycles. The minimum Gasteiger partial charge on any atom is -0.452 e. The van der Waals surface area contributed by atoms with E-state index in [0.29, 0.717) is 6.61 Å². The Labute approximate surface area is 390 Å². The largest absolute Gasteiger partial charge is 0.452 e. The second-order valence-corrected chi connectivity index (χ2v) is 16.5. The van der Waals surface area contributed by atoms with Gasteiger partial charge in [0, 0.05) is 18.9 Å². The average Bonchev–Trinajstić information content (AvgIpc) is 3.39. The number of esters is 1. The number of pyridine rings is 1. The van der Waals surface area contributed by atoms with Crippen molar-refractivity contribution in [2.24, 2.45) is 0 Å². The maximum atomic E-state index is 14.1. The molecule has 0 saturated carbocycles. The lowest BCUT2D eigenvalue weighted by Crippen LogP contribution is -2.67. The number of hydrogen-bond acceptors (Lipinski definition) is 13. The summed E-state index contributed by atoms with van der Waals surface area (Å²) < 4.78 is 73.3. The summed E-state index contributed by atoms with van der Waals surface area (Å²) in [6.45, 7) is 1.17. The molecule has 0 N–H and O–H groups in total. The summed E-state index contributed by atoms with van der Waals surface area (Å²) in [6, 6.07) is 54.0. The normalized spacial score (nSPS) is 27.1. The van der Waals surface area contributed by atoms with Gasteiger partial charge in [-0.05, 0) is 34.4 Å². The van der Waals surface area contributed by atoms with Crippen molar-refractivity contribution < 1.29 is 56.9 Å². The van der Waals surface area contributed by atoms with Crippen molar-refractivity contribution >= 4 is 5.97 Å². The van der Waals surface area contributed by atoms with E-state index in [1.807, 2.05) is 152 Å². The van der Waals surface area contributed by atoms with Gasteiger partial charge in [-0.25, -0.2) is 9.78 Å². The zero-order valence-corrected chi connectivity index (χ0v) is 37.2. The Bertz CT molecular complexity index is 2370. The predicted molar refractivity (Wildman–Crippen MR) is 244 cm³/mol. The Morgan fingerprint density at radius 3 is 1.66 bits per heavy atom. The molecular weight excluding hydrogens is 855 g/mol. The summed E-state index contributed by atoms with van der Waals surface area (Å²) in [7, 11) is 1.55. The van der Waals surface area contributed by atoms with Gasteiger partial charge in [0.1, 0.15) is 48.4 Å². The maximum Gasteiger partial charge on any atom is 0.357 e. The number of methoxy groups -OCH3 is 1. The van der Waals surface area contributed by atoms with Crippen LogP contribution in [0.2, 0.25) is 0 Å². The molecular formula is C54H55NO12. The highest BCUT2D eigenvalue weighted by molar-refractivity contribution is 5.87. The molecule has 348 valence electrons. The van der Waals surface area contributed by atoms with Crippen molar-refractivity contribution in [2.45, 2.75) is 94.1 Å². The number of ether oxygens (including phenoxy) is 11. The van der Waals surface area contributed by atoms with Gasteiger partial charge in [0.15, 0.2) is 25.0 Å². The number of nitrogens with zero attached hydrogens (tertiary/aromatic N) is 1. The van der Waals surface area contributed by atoms with Gasteiger partial charge in [0.2, 0.25) is 0 Å². The first-order valence-electron chi connectivity index (χ1n) is 22.6. The van der Waals surface area contributed by atoms with E-state index in [9.17, 15) is 4.79 Å². The molecule has 13 nitrogen and oxygen atoms in total. The maximum absolute atomic E-state index is 14.1. The Hall–Kier alpha value is -5.68. The van der Waals surface area contributed by atoms with Gasteiger partial charge in [0.05, 0.1) is 39.6 Å². The molecule has 13 heteroatoms. The van der Waals surface area contributed by atoms with E-state index in [-0.39, 0.29) is 38.7 Å². The fourth-order valence-corrected chi connectivity index (χ4v) is 8.47. The molecule has 1 unspecified atom stereocenters. The fourth-order valence-electron chi connectivity index (χ4n) is 8.47. The zero-order chi connectivity index (χ0) is 45.6. The van der Waals surface area contributed by atoms with Crippen LogP contribution < -0.4 is 0 Å². The van der Waals surface area contributed by atoms with Gasteiger partial charge in [-0.2, -0.15) is 0 Å². The minimum atomic E-state index is -1.22. The van der Waals surface area contributed by atoms with Crippen molar-refractivity contribution in [1.82, 2.24) is 4.98 Å². The van der Waals surface area contributed by atoms with Crippen LogP contribution in [0.25, 0.3) is 0 Å². The number of carbonyl (C=O) groups excluding carboxylic acids is 1. The number of fused-ring (bicyclic) bond motifs is 1. The van der Waals surface area contributed by atoms with E-state index in [2.05, 4.69) is 4.98 Å². The molecule has 4 heterocycles. The first-order valence-corrected chi connectivity index (χ1v) is 22.6. The molecule has 0 bridgehead atoms. The van der Waals surface area contributed by atoms with E-state index in [1.165, 1.54) is 6.20 Å². The van der Waals surface area contributed by atoms with Gasteiger partial charge in [0.25, 0.3) is 0 Å². The van der Waals surface area contributed by atoms with E-state index in [0.717, 1.165) is 27.8 Å². The first kappa shape index (κ1) is 46.4. The molecule has 6 aromatic rings. The zero-order valence-electron chi connectivity index (χ0n) is 37.2. The molecule has 0 spiro atoms. The predicted octanol–water partition coefficient (Wildman–Crippen LogP) is 8.18. The molecule has 3 fully saturated rings. The van der Waals surface area contributed by atoms with Crippen LogP contribution in [-0.2, 0) is 78.5 Å². The second-order valence-electron chi connectivity index (χ2n) is 16.5. The van der Waals surface area contributed by atoms with Crippen molar-refractivity contribution in [1.29, 1.82) is 0 Å². The molecule has 11 atom stereocenters. The molecule has 67 heavy (non-hydrogen) atoms. The van der Waals surface area contributed by atoms with Crippen molar-refractivity contribution in [2.75, 3.05) is 20.3 Å². The third-order valence-electron chi connectivity index (χ3n) is 11.8. The Morgan fingerprint density at radius 1 is 0.552 bits per heavy atom. The van der Waals surface area contributed by atoms with Gasteiger partial charge in [-0.1, -0.05) is 158 Å². The van der Waals surface area contributed by atoms with Crippen LogP contribution in [0, 0.1) is 0 Å². The Kier molecular flexibility index (Phi) is 16.2. The van der Waals surface area contributed by atoms with Crippen LogP contribution >= 0.6 is 0 Å². The van der Waals surface area contributed by atoms with E-state index >= 15 is 0 Å². The van der Waals surface area contributed by atoms with Crippen LogP contribution in [0.15, 0.2) is 176 Å². The highest BCUT2D eigenvalue weighted by Crippen LogP contribution is 2.40. The van der Waals surface area contributed by atoms with Crippen molar-refractivity contribution in [3.05, 3.63) is 210 Å². The summed E-state index contributed by atoms with van der Waals surface area (Å²) in [5.41, 5.74) is 4.69. The molecule has 0 amide bonds. The highest BCUT2D eigenvalue weighted by Gasteiger charge is 2.56. The standard InChI is InChI=1S/C54H55NO12/c1-57-53-50(47(60-33-39-23-11-4-12-24-39)45(59-32-38-21-9-3-10-22-38)43(63-53)35-58-31-37-19-7-2-8-20-37)67-54-49(61-34-40-25-13-5-14-26-40)48(65-51(56)42-29-17-18-30-55-42)46-44(64-54)36-62-52(66-46)41-27-15-6-16-28-41/h2-30,43-50,52-54H,31-36H2,1H3/t43-,44-,45-,46-,47+,48+,49+,50-,52?,53+,54+/m1/s1.